The summed E-state index contributed by atoms with van der Waals surface area (Å²) in [5.74, 6) is -2.10. The highest BCUT2D eigenvalue weighted by atomic mass is 32.1. The zero-order valence-electron chi connectivity index (χ0n) is 15.9. The van der Waals surface area contributed by atoms with Crippen molar-refractivity contribution in [1.82, 2.24) is 10.2 Å². The average Bonchev–Trinajstić information content (AvgIpc) is 3.18. The number of hydrogen-bond donors (Lipinski definition) is 2. The summed E-state index contributed by atoms with van der Waals surface area (Å²) in [6.07, 6.45) is 1.44. The van der Waals surface area contributed by atoms with Gasteiger partial charge in [-0.15, -0.1) is 11.3 Å². The van der Waals surface area contributed by atoms with Crippen LogP contribution in [0.3, 0.4) is 0 Å². The van der Waals surface area contributed by atoms with E-state index in [9.17, 15) is 18.8 Å². The summed E-state index contributed by atoms with van der Waals surface area (Å²) >= 11 is 1.27. The van der Waals surface area contributed by atoms with Gasteiger partial charge in [0.05, 0.1) is 5.39 Å². The van der Waals surface area contributed by atoms with Crippen molar-refractivity contribution in [2.24, 2.45) is 0 Å². The van der Waals surface area contributed by atoms with Gasteiger partial charge in [-0.25, -0.2) is 9.18 Å². The van der Waals surface area contributed by atoms with Crippen LogP contribution in [0.2, 0.25) is 0 Å². The molecule has 0 bridgehead atoms. The van der Waals surface area contributed by atoms with Crippen molar-refractivity contribution in [2.75, 3.05) is 13.1 Å². The number of carbonyl (C=O) groups excluding carboxylic acids is 1. The van der Waals surface area contributed by atoms with Crippen LogP contribution in [0.25, 0.3) is 11.0 Å². The standard InChI is InChI=1S/C21H19FN2O5S/c22-12-1-3-15-16(25)10-18(29-17(15)9-12)20(26)23-13-5-7-24(8-6-13)11-14-2-4-19(30-14)21(27)28/h1-4,9-10,13H,5-8,11H2,(H,23,26)(H,27,28). The lowest BCUT2D eigenvalue weighted by Gasteiger charge is -2.31. The Morgan fingerprint density at radius 1 is 1.20 bits per heavy atom. The summed E-state index contributed by atoms with van der Waals surface area (Å²) in [6.45, 7) is 2.17. The Kier molecular flexibility index (Phi) is 5.65. The molecule has 0 spiro atoms. The molecule has 0 aliphatic carbocycles. The van der Waals surface area contributed by atoms with Crippen molar-refractivity contribution in [3.05, 3.63) is 68.0 Å². The number of hydrogen-bond acceptors (Lipinski definition) is 6. The smallest absolute Gasteiger partial charge is 0.345 e. The van der Waals surface area contributed by atoms with E-state index in [-0.39, 0.29) is 22.8 Å². The highest BCUT2D eigenvalue weighted by Crippen LogP contribution is 2.21. The van der Waals surface area contributed by atoms with Gasteiger partial charge < -0.3 is 14.8 Å². The van der Waals surface area contributed by atoms with Gasteiger partial charge in [0, 0.05) is 42.7 Å². The molecule has 0 unspecified atom stereocenters. The first-order chi connectivity index (χ1) is 14.4. The van der Waals surface area contributed by atoms with E-state index < -0.39 is 23.1 Å². The Morgan fingerprint density at radius 2 is 1.97 bits per heavy atom. The molecule has 0 saturated carbocycles. The molecule has 1 fully saturated rings. The molecule has 3 aromatic rings. The van der Waals surface area contributed by atoms with Crippen molar-refractivity contribution in [2.45, 2.75) is 25.4 Å². The molecule has 1 aliphatic heterocycles. The van der Waals surface area contributed by atoms with Gasteiger partial charge >= 0.3 is 5.97 Å². The third kappa shape index (κ3) is 4.42. The normalized spacial score (nSPS) is 15.4. The van der Waals surface area contributed by atoms with E-state index in [1.54, 1.807) is 6.07 Å². The number of halogens is 1. The zero-order chi connectivity index (χ0) is 21.3. The lowest BCUT2D eigenvalue weighted by molar-refractivity contribution is 0.0701. The number of carbonyl (C=O) groups is 2. The number of benzene rings is 1. The van der Waals surface area contributed by atoms with Gasteiger partial charge in [-0.05, 0) is 37.1 Å². The average molecular weight is 430 g/mol. The van der Waals surface area contributed by atoms with Gasteiger partial charge in [0.1, 0.15) is 16.3 Å². The third-order valence-corrected chi connectivity index (χ3v) is 6.15. The largest absolute Gasteiger partial charge is 0.477 e. The maximum Gasteiger partial charge on any atom is 0.345 e. The molecule has 2 aromatic heterocycles. The second kappa shape index (κ2) is 8.37. The molecule has 7 nitrogen and oxygen atoms in total. The molecule has 0 atom stereocenters. The Labute approximate surface area is 174 Å². The highest BCUT2D eigenvalue weighted by Gasteiger charge is 2.23. The van der Waals surface area contributed by atoms with E-state index in [0.717, 1.165) is 42.9 Å². The molecule has 9 heteroatoms. The van der Waals surface area contributed by atoms with Crippen LogP contribution in [0.4, 0.5) is 4.39 Å². The fourth-order valence-corrected chi connectivity index (χ4v) is 4.42. The Morgan fingerprint density at radius 3 is 2.67 bits per heavy atom. The summed E-state index contributed by atoms with van der Waals surface area (Å²) in [4.78, 5) is 39.2. The van der Waals surface area contributed by atoms with Gasteiger partial charge in [0.15, 0.2) is 11.2 Å². The van der Waals surface area contributed by atoms with Crippen molar-refractivity contribution in [3.8, 4) is 0 Å². The molecule has 3 heterocycles. The molecule has 1 amide bonds. The molecule has 2 N–H and O–H groups in total. The summed E-state index contributed by atoms with van der Waals surface area (Å²) < 4.78 is 18.9. The molecule has 1 aliphatic rings. The number of thiophene rings is 1. The number of fused-ring (bicyclic) bond motifs is 1. The molecule has 156 valence electrons. The van der Waals surface area contributed by atoms with E-state index in [1.165, 1.54) is 23.5 Å². The predicted molar refractivity (Wildman–Crippen MR) is 109 cm³/mol. The van der Waals surface area contributed by atoms with Crippen LogP contribution in [0.1, 0.15) is 37.9 Å². The van der Waals surface area contributed by atoms with E-state index in [2.05, 4.69) is 10.2 Å². The summed E-state index contributed by atoms with van der Waals surface area (Å²) in [7, 11) is 0. The molecule has 1 saturated heterocycles. The number of amides is 1. The molecule has 1 aromatic carbocycles. The Hall–Kier alpha value is -3.04. The van der Waals surface area contributed by atoms with E-state index in [4.69, 9.17) is 9.52 Å². The molecule has 0 radical (unpaired) electrons. The quantitative estimate of drug-likeness (QED) is 0.645. The molecule has 30 heavy (non-hydrogen) atoms. The Bertz CT molecular complexity index is 1160. The van der Waals surface area contributed by atoms with Crippen LogP contribution in [0, 0.1) is 5.82 Å². The van der Waals surface area contributed by atoms with Gasteiger partial charge in [-0.3, -0.25) is 14.5 Å². The molecule has 4 rings (SSSR count). The van der Waals surface area contributed by atoms with Crippen molar-refractivity contribution < 1.29 is 23.5 Å². The van der Waals surface area contributed by atoms with Gasteiger partial charge in [0.25, 0.3) is 5.91 Å². The SMILES string of the molecule is O=C(NC1CCN(Cc2ccc(C(=O)O)s2)CC1)c1cc(=O)c2ccc(F)cc2o1. The molecular formula is C21H19FN2O5S. The predicted octanol–water partition coefficient (Wildman–Crippen LogP) is 3.09. The van der Waals surface area contributed by atoms with Gasteiger partial charge in [-0.1, -0.05) is 0 Å². The number of likely N-dealkylation sites (tertiary alicyclic amines) is 1. The third-order valence-electron chi connectivity index (χ3n) is 5.09. The second-order valence-electron chi connectivity index (χ2n) is 7.21. The summed E-state index contributed by atoms with van der Waals surface area (Å²) in [5, 5.41) is 12.1. The fourth-order valence-electron chi connectivity index (χ4n) is 3.53. The van der Waals surface area contributed by atoms with Crippen molar-refractivity contribution in [1.29, 1.82) is 0 Å². The number of rotatable bonds is 5. The van der Waals surface area contributed by atoms with E-state index in [0.29, 0.717) is 11.4 Å². The van der Waals surface area contributed by atoms with Crippen LogP contribution < -0.4 is 10.7 Å². The van der Waals surface area contributed by atoms with Crippen LogP contribution >= 0.6 is 11.3 Å². The maximum atomic E-state index is 13.4. The zero-order valence-corrected chi connectivity index (χ0v) is 16.7. The minimum atomic E-state index is -0.921. The van der Waals surface area contributed by atoms with Crippen LogP contribution in [-0.4, -0.2) is 41.0 Å². The van der Waals surface area contributed by atoms with E-state index >= 15 is 0 Å². The first-order valence-electron chi connectivity index (χ1n) is 9.47. The lowest BCUT2D eigenvalue weighted by Crippen LogP contribution is -2.44. The fraction of sp³-hybridized carbons (Fsp3) is 0.286. The van der Waals surface area contributed by atoms with Crippen LogP contribution in [0.15, 0.2) is 45.6 Å². The number of nitrogens with one attached hydrogen (secondary N) is 1. The summed E-state index contributed by atoms with van der Waals surface area (Å²) in [6, 6.07) is 8.09. The van der Waals surface area contributed by atoms with E-state index in [1.807, 2.05) is 6.07 Å². The molecular weight excluding hydrogens is 411 g/mol. The minimum absolute atomic E-state index is 0.0409. The number of aromatic carboxylic acids is 1. The van der Waals surface area contributed by atoms with Gasteiger partial charge in [-0.2, -0.15) is 0 Å². The van der Waals surface area contributed by atoms with Crippen molar-refractivity contribution >= 4 is 34.2 Å². The lowest BCUT2D eigenvalue weighted by atomic mass is 10.0. The minimum Gasteiger partial charge on any atom is -0.477 e. The first kappa shape index (κ1) is 20.2. The number of carboxylic acid groups (broad SMARTS) is 1. The Balaban J connectivity index is 1.35. The summed E-state index contributed by atoms with van der Waals surface area (Å²) in [5.41, 5.74) is -0.355. The van der Waals surface area contributed by atoms with Gasteiger partial charge in [0.2, 0.25) is 0 Å². The second-order valence-corrected chi connectivity index (χ2v) is 8.38. The maximum absolute atomic E-state index is 13.4. The first-order valence-corrected chi connectivity index (χ1v) is 10.3. The van der Waals surface area contributed by atoms with Crippen LogP contribution in [-0.2, 0) is 6.54 Å². The van der Waals surface area contributed by atoms with Crippen molar-refractivity contribution in [3.63, 3.8) is 0 Å². The number of piperidine rings is 1. The highest BCUT2D eigenvalue weighted by molar-refractivity contribution is 7.13. The number of nitrogens with zero attached hydrogens (tertiary/aromatic N) is 1. The monoisotopic (exact) mass is 430 g/mol. The number of carboxylic acids is 1. The topological polar surface area (TPSA) is 99.9 Å². The van der Waals surface area contributed by atoms with Crippen LogP contribution in [0.5, 0.6) is 0 Å².